The van der Waals surface area contributed by atoms with Crippen molar-refractivity contribution in [3.8, 4) is 11.5 Å². The Morgan fingerprint density at radius 2 is 1.82 bits per heavy atom. The Hall–Kier alpha value is -4.53. The summed E-state index contributed by atoms with van der Waals surface area (Å²) in [6, 6.07) is 15.8. The van der Waals surface area contributed by atoms with Gasteiger partial charge in [-0.3, -0.25) is 4.99 Å². The molecule has 0 bridgehead atoms. The molecule has 0 saturated carbocycles. The summed E-state index contributed by atoms with van der Waals surface area (Å²) in [5.74, 6) is 3.41. The highest BCUT2D eigenvalue weighted by Gasteiger charge is 2.17. The molecule has 2 aromatic carbocycles. The van der Waals surface area contributed by atoms with Gasteiger partial charge in [0.25, 0.3) is 0 Å². The van der Waals surface area contributed by atoms with Crippen LogP contribution in [0.4, 0.5) is 17.2 Å². The van der Waals surface area contributed by atoms with E-state index in [-0.39, 0.29) is 11.5 Å². The molecule has 0 aliphatic carbocycles. The summed E-state index contributed by atoms with van der Waals surface area (Å²) >= 11 is 0. The molecule has 0 radical (unpaired) electrons. The SMILES string of the molecule is CCC(C)(C)N=C(Nc1ccc2ncnc(Nc3ccc(Oc4ccn5ncnc5c4)c(C)c3)c2c1)C(C)C. The fraction of sp³-hybridized carbons (Fsp3) is 0.300. The van der Waals surface area contributed by atoms with E-state index in [1.165, 1.54) is 6.33 Å². The third-order valence-corrected chi connectivity index (χ3v) is 6.66. The van der Waals surface area contributed by atoms with Crippen molar-refractivity contribution in [2.75, 3.05) is 10.6 Å². The van der Waals surface area contributed by atoms with Crippen molar-refractivity contribution in [2.24, 2.45) is 10.9 Å². The Morgan fingerprint density at radius 1 is 1.00 bits per heavy atom. The minimum Gasteiger partial charge on any atom is -0.457 e. The number of fused-ring (bicyclic) bond motifs is 2. The first-order valence-corrected chi connectivity index (χ1v) is 13.2. The van der Waals surface area contributed by atoms with E-state index >= 15 is 0 Å². The van der Waals surface area contributed by atoms with Crippen molar-refractivity contribution in [1.29, 1.82) is 0 Å². The predicted octanol–water partition coefficient (Wildman–Crippen LogP) is 7.17. The molecule has 3 heterocycles. The number of nitrogens with one attached hydrogen (secondary N) is 2. The van der Waals surface area contributed by atoms with Gasteiger partial charge in [0, 0.05) is 34.9 Å². The molecular weight excluding hydrogens is 488 g/mol. The first-order valence-electron chi connectivity index (χ1n) is 13.2. The number of rotatable bonds is 8. The Bertz CT molecular complexity index is 1650. The number of aryl methyl sites for hydroxylation is 1. The quantitative estimate of drug-likeness (QED) is 0.164. The van der Waals surface area contributed by atoms with Crippen LogP contribution in [-0.2, 0) is 0 Å². The number of benzene rings is 2. The average Bonchev–Trinajstić information content (AvgIpc) is 3.38. The number of hydrogen-bond acceptors (Lipinski definition) is 7. The maximum Gasteiger partial charge on any atom is 0.158 e. The number of hydrogen-bond donors (Lipinski definition) is 2. The van der Waals surface area contributed by atoms with Crippen LogP contribution in [0.1, 0.15) is 46.6 Å². The van der Waals surface area contributed by atoms with Crippen LogP contribution in [0, 0.1) is 12.8 Å². The Morgan fingerprint density at radius 3 is 2.59 bits per heavy atom. The number of aromatic nitrogens is 5. The maximum absolute atomic E-state index is 6.12. The smallest absolute Gasteiger partial charge is 0.158 e. The van der Waals surface area contributed by atoms with Gasteiger partial charge in [0.05, 0.1) is 11.1 Å². The molecule has 5 aromatic rings. The van der Waals surface area contributed by atoms with Crippen LogP contribution < -0.4 is 15.4 Å². The number of anilines is 3. The normalized spacial score (nSPS) is 12.3. The van der Waals surface area contributed by atoms with Gasteiger partial charge in [0.1, 0.15) is 35.8 Å². The minimum atomic E-state index is -0.129. The zero-order chi connectivity index (χ0) is 27.6. The molecule has 9 heteroatoms. The first kappa shape index (κ1) is 26.1. The highest BCUT2D eigenvalue weighted by molar-refractivity contribution is 6.00. The van der Waals surface area contributed by atoms with Crippen LogP contribution in [0.5, 0.6) is 11.5 Å². The van der Waals surface area contributed by atoms with E-state index in [9.17, 15) is 0 Å². The molecule has 39 heavy (non-hydrogen) atoms. The molecule has 0 spiro atoms. The van der Waals surface area contributed by atoms with Gasteiger partial charge < -0.3 is 15.4 Å². The highest BCUT2D eigenvalue weighted by Crippen LogP contribution is 2.31. The lowest BCUT2D eigenvalue weighted by atomic mass is 10.0. The van der Waals surface area contributed by atoms with Gasteiger partial charge >= 0.3 is 0 Å². The van der Waals surface area contributed by atoms with Gasteiger partial charge in [0.15, 0.2) is 5.65 Å². The van der Waals surface area contributed by atoms with Crippen molar-refractivity contribution in [3.05, 3.63) is 72.9 Å². The fourth-order valence-electron chi connectivity index (χ4n) is 4.05. The third kappa shape index (κ3) is 5.98. The molecule has 5 rings (SSSR count). The van der Waals surface area contributed by atoms with Gasteiger partial charge in [-0.1, -0.05) is 20.8 Å². The van der Waals surface area contributed by atoms with Gasteiger partial charge in [0.2, 0.25) is 0 Å². The van der Waals surface area contributed by atoms with Gasteiger partial charge in [-0.2, -0.15) is 5.10 Å². The number of aliphatic imine (C=N–C) groups is 1. The number of pyridine rings is 1. The average molecular weight is 523 g/mol. The predicted molar refractivity (Wildman–Crippen MR) is 157 cm³/mol. The standard InChI is InChI=1S/C30H34N8O/c1-7-30(5,6)37-28(19(2)3)35-22-8-10-25-24(15-22)29(33-17-31-25)36-21-9-11-26(20(4)14-21)39-23-12-13-38-27(16-23)32-18-34-38/h8-19H,7H2,1-6H3,(H,35,37)(H,31,33,36). The minimum absolute atomic E-state index is 0.129. The second-order valence-electron chi connectivity index (χ2n) is 10.5. The monoisotopic (exact) mass is 522 g/mol. The van der Waals surface area contributed by atoms with Crippen LogP contribution in [0.25, 0.3) is 16.6 Å². The van der Waals surface area contributed by atoms with E-state index in [0.717, 1.165) is 57.3 Å². The summed E-state index contributed by atoms with van der Waals surface area (Å²) in [7, 11) is 0. The van der Waals surface area contributed by atoms with E-state index in [1.807, 2.05) is 55.6 Å². The molecule has 0 aliphatic heterocycles. The molecule has 2 N–H and O–H groups in total. The lowest BCUT2D eigenvalue weighted by Crippen LogP contribution is -2.26. The van der Waals surface area contributed by atoms with Gasteiger partial charge in [-0.15, -0.1) is 0 Å². The summed E-state index contributed by atoms with van der Waals surface area (Å²) in [6.07, 6.45) is 5.88. The molecule has 0 fully saturated rings. The van der Waals surface area contributed by atoms with Crippen molar-refractivity contribution in [2.45, 2.75) is 53.5 Å². The zero-order valence-corrected chi connectivity index (χ0v) is 23.2. The molecule has 0 unspecified atom stereocenters. The number of ether oxygens (including phenoxy) is 1. The van der Waals surface area contributed by atoms with Crippen LogP contribution in [0.15, 0.2) is 72.4 Å². The zero-order valence-electron chi connectivity index (χ0n) is 23.2. The molecule has 0 aliphatic rings. The van der Waals surface area contributed by atoms with Crippen molar-refractivity contribution in [3.63, 3.8) is 0 Å². The van der Waals surface area contributed by atoms with Gasteiger partial charge in [-0.25, -0.2) is 19.5 Å². The van der Waals surface area contributed by atoms with Crippen molar-refractivity contribution in [1.82, 2.24) is 24.6 Å². The Balaban J connectivity index is 1.38. The molecule has 200 valence electrons. The highest BCUT2D eigenvalue weighted by atomic mass is 16.5. The Kier molecular flexibility index (Phi) is 7.15. The van der Waals surface area contributed by atoms with E-state index in [2.05, 4.69) is 71.4 Å². The summed E-state index contributed by atoms with van der Waals surface area (Å²) < 4.78 is 7.82. The van der Waals surface area contributed by atoms with E-state index in [0.29, 0.717) is 5.75 Å². The Labute approximate surface area is 228 Å². The topological polar surface area (TPSA) is 102 Å². The molecule has 9 nitrogen and oxygen atoms in total. The molecule has 3 aromatic heterocycles. The molecular formula is C30H34N8O. The van der Waals surface area contributed by atoms with Crippen molar-refractivity contribution < 1.29 is 4.74 Å². The van der Waals surface area contributed by atoms with Crippen LogP contribution in [-0.4, -0.2) is 35.9 Å². The summed E-state index contributed by atoms with van der Waals surface area (Å²) in [6.45, 7) is 12.8. The molecule has 0 saturated heterocycles. The second kappa shape index (κ2) is 10.7. The summed E-state index contributed by atoms with van der Waals surface area (Å²) in [5, 5.41) is 12.0. The molecule has 0 atom stereocenters. The van der Waals surface area contributed by atoms with E-state index in [4.69, 9.17) is 9.73 Å². The lowest BCUT2D eigenvalue weighted by Gasteiger charge is -2.22. The van der Waals surface area contributed by atoms with E-state index in [1.54, 1.807) is 10.8 Å². The van der Waals surface area contributed by atoms with Gasteiger partial charge in [-0.05, 0) is 75.2 Å². The maximum atomic E-state index is 6.12. The fourth-order valence-corrected chi connectivity index (χ4v) is 4.05. The van der Waals surface area contributed by atoms with Crippen molar-refractivity contribution >= 4 is 39.6 Å². The van der Waals surface area contributed by atoms with Crippen LogP contribution in [0.2, 0.25) is 0 Å². The number of nitrogens with zero attached hydrogens (tertiary/aromatic N) is 6. The number of amidine groups is 1. The second-order valence-corrected chi connectivity index (χ2v) is 10.5. The summed E-state index contributed by atoms with van der Waals surface area (Å²) in [4.78, 5) is 18.2. The van der Waals surface area contributed by atoms with Crippen LogP contribution >= 0.6 is 0 Å². The summed E-state index contributed by atoms with van der Waals surface area (Å²) in [5.41, 5.74) is 4.29. The molecule has 0 amide bonds. The third-order valence-electron chi connectivity index (χ3n) is 6.66. The lowest BCUT2D eigenvalue weighted by molar-refractivity contribution is 0.478. The van der Waals surface area contributed by atoms with Crippen LogP contribution in [0.3, 0.4) is 0 Å². The van der Waals surface area contributed by atoms with E-state index < -0.39 is 0 Å². The first-order chi connectivity index (χ1) is 18.7. The largest absolute Gasteiger partial charge is 0.457 e.